The van der Waals surface area contributed by atoms with Crippen LogP contribution in [0.25, 0.3) is 11.0 Å². The van der Waals surface area contributed by atoms with Gasteiger partial charge in [0, 0.05) is 97.5 Å². The number of sulfonamides is 1. The molecule has 2 aliphatic carbocycles. The summed E-state index contributed by atoms with van der Waals surface area (Å²) in [6, 6.07) is 5.87. The van der Waals surface area contributed by atoms with Gasteiger partial charge in [0.15, 0.2) is 6.29 Å². The number of piperidine rings is 3. The molecule has 0 bridgehead atoms. The minimum absolute atomic E-state index is 0.00300. The number of carbonyl (C=O) groups is 3. The SMILES string of the molecule is Cn1c(=O)n(C2CCC(=O)N(COCC[Si](C)(C)C)C2=O)c2cccc(N3CCC(Cn4cc(S(=O)(=O)N5CCC(Nc6ncc7c(n6)N([C@H]6CCC[C@H](OC8CCCCO8)C6)C(=O)C76CC6)CC5)cn4)CC3)c21. The molecular weight excluding hydrogens is 983 g/mol. The molecule has 5 aliphatic heterocycles. The van der Waals surface area contributed by atoms with E-state index in [9.17, 15) is 27.6 Å². The summed E-state index contributed by atoms with van der Waals surface area (Å²) in [6.07, 6.45) is 16.3. The maximum atomic E-state index is 14.1. The zero-order chi connectivity index (χ0) is 51.5. The molecule has 22 heteroatoms. The number of rotatable bonds is 16. The Bertz CT molecular complexity index is 2930. The second-order valence-corrected chi connectivity index (χ2v) is 30.7. The van der Waals surface area contributed by atoms with E-state index in [0.717, 1.165) is 113 Å². The molecular formula is C52H73N11O9SSi. The summed E-state index contributed by atoms with van der Waals surface area (Å²) in [5.41, 5.74) is 2.41. The molecule has 6 fully saturated rings. The van der Waals surface area contributed by atoms with Crippen molar-refractivity contribution in [2.24, 2.45) is 13.0 Å². The van der Waals surface area contributed by atoms with E-state index in [4.69, 9.17) is 24.2 Å². The van der Waals surface area contributed by atoms with Crippen LogP contribution in [0.3, 0.4) is 0 Å². The lowest BCUT2D eigenvalue weighted by atomic mass is 9.91. The van der Waals surface area contributed by atoms with Crippen molar-refractivity contribution in [1.29, 1.82) is 0 Å². The molecule has 1 aromatic carbocycles. The third kappa shape index (κ3) is 9.98. The van der Waals surface area contributed by atoms with Crippen LogP contribution in [0.15, 0.2) is 46.5 Å². The smallest absolute Gasteiger partial charge is 0.329 e. The van der Waals surface area contributed by atoms with Crippen molar-refractivity contribution in [2.45, 2.75) is 169 Å². The molecule has 2 unspecified atom stereocenters. The number of ether oxygens (including phenoxy) is 3. The Morgan fingerprint density at radius 1 is 0.919 bits per heavy atom. The maximum absolute atomic E-state index is 14.1. The molecule has 7 aliphatic rings. The largest absolute Gasteiger partial charge is 0.370 e. The number of nitrogens with one attached hydrogen (secondary N) is 1. The van der Waals surface area contributed by atoms with E-state index < -0.39 is 35.5 Å². The molecule has 2 saturated carbocycles. The number of nitrogens with zero attached hydrogens (tertiary/aromatic N) is 10. The number of hydrogen-bond donors (Lipinski definition) is 1. The quantitative estimate of drug-likeness (QED) is 0.0807. The highest BCUT2D eigenvalue weighted by Gasteiger charge is 2.61. The van der Waals surface area contributed by atoms with Gasteiger partial charge in [-0.2, -0.15) is 14.4 Å². The number of fused-ring (bicyclic) bond motifs is 3. The number of anilines is 3. The Kier molecular flexibility index (Phi) is 14.2. The minimum Gasteiger partial charge on any atom is -0.370 e. The average molecular weight is 1060 g/mol. The number of para-hydroxylation sites is 1. The first kappa shape index (κ1) is 51.1. The molecule has 8 heterocycles. The molecule has 3 amide bonds. The number of amides is 3. The Labute approximate surface area is 434 Å². The highest BCUT2D eigenvalue weighted by atomic mass is 32.2. The van der Waals surface area contributed by atoms with Crippen LogP contribution in [-0.2, 0) is 57.6 Å². The number of aryl methyl sites for hydroxylation is 1. The third-order valence-electron chi connectivity index (χ3n) is 16.9. The van der Waals surface area contributed by atoms with Crippen molar-refractivity contribution in [3.63, 3.8) is 0 Å². The summed E-state index contributed by atoms with van der Waals surface area (Å²) in [4.78, 5) is 70.0. The molecule has 4 atom stereocenters. The van der Waals surface area contributed by atoms with Crippen LogP contribution in [0.2, 0.25) is 25.7 Å². The number of benzene rings is 1. The first-order valence-electron chi connectivity index (χ1n) is 27.2. The summed E-state index contributed by atoms with van der Waals surface area (Å²) in [5, 5.41) is 8.01. The molecule has 3 aromatic heterocycles. The summed E-state index contributed by atoms with van der Waals surface area (Å²) in [7, 11) is -3.41. The molecule has 4 saturated heterocycles. The lowest BCUT2D eigenvalue weighted by Gasteiger charge is -2.37. The van der Waals surface area contributed by atoms with Crippen molar-refractivity contribution >= 4 is 64.3 Å². The number of hydrogen-bond acceptors (Lipinski definition) is 14. The minimum atomic E-state index is -3.79. The lowest BCUT2D eigenvalue weighted by Crippen LogP contribution is -2.48. The van der Waals surface area contributed by atoms with Gasteiger partial charge in [-0.1, -0.05) is 25.7 Å². The Morgan fingerprint density at radius 2 is 1.72 bits per heavy atom. The fourth-order valence-corrected chi connectivity index (χ4v) is 14.5. The van der Waals surface area contributed by atoms with Gasteiger partial charge in [0.05, 0.1) is 34.4 Å². The van der Waals surface area contributed by atoms with E-state index in [2.05, 4.69) is 35.0 Å². The van der Waals surface area contributed by atoms with E-state index in [1.807, 2.05) is 29.3 Å². The Morgan fingerprint density at radius 3 is 2.46 bits per heavy atom. The second-order valence-electron chi connectivity index (χ2n) is 23.1. The van der Waals surface area contributed by atoms with Crippen LogP contribution < -0.4 is 20.8 Å². The Balaban J connectivity index is 0.682. The zero-order valence-corrected chi connectivity index (χ0v) is 45.3. The van der Waals surface area contributed by atoms with Crippen LogP contribution in [-0.4, -0.2) is 143 Å². The van der Waals surface area contributed by atoms with E-state index in [0.29, 0.717) is 56.4 Å². The number of imidazole rings is 1. The molecule has 1 spiro atoms. The molecule has 400 valence electrons. The van der Waals surface area contributed by atoms with Gasteiger partial charge in [-0.25, -0.2) is 18.2 Å². The standard InChI is InChI=1S/C52H73N11O9SSi/c1-57-46-41(11-8-12-42(46)63(51(57)67)43-14-15-44(64)61(48(43)65)34-70-27-28-74(2,3)4)58-22-16-35(17-23-58)32-59-33-39(30-54-59)73(68,69)60-24-18-36(19-25-60)55-50-53-31-40-47(56-50)62(49(66)52(40)20-21-52)37-9-7-10-38(29-37)72-45-13-5-6-26-71-45/h8,11-12,30-31,33,35-38,43,45H,5-7,9-10,13-29,32,34H2,1-4H3,(H,53,55,56)/t37-,38-,43?,45?/m0/s1. The molecule has 20 nitrogen and oxygen atoms in total. The van der Waals surface area contributed by atoms with E-state index >= 15 is 0 Å². The zero-order valence-electron chi connectivity index (χ0n) is 43.5. The average Bonchev–Trinajstić information content (AvgIpc) is 3.92. The fourth-order valence-electron chi connectivity index (χ4n) is 12.3. The van der Waals surface area contributed by atoms with Gasteiger partial charge in [0.2, 0.25) is 27.8 Å². The molecule has 4 aromatic rings. The van der Waals surface area contributed by atoms with Crippen molar-refractivity contribution in [1.82, 2.24) is 38.1 Å². The lowest BCUT2D eigenvalue weighted by molar-refractivity contribution is -0.193. The maximum Gasteiger partial charge on any atom is 0.329 e. The topological polar surface area (TPSA) is 209 Å². The van der Waals surface area contributed by atoms with Gasteiger partial charge in [-0.05, 0) is 114 Å². The van der Waals surface area contributed by atoms with Gasteiger partial charge >= 0.3 is 5.69 Å². The first-order valence-corrected chi connectivity index (χ1v) is 32.4. The van der Waals surface area contributed by atoms with Crippen molar-refractivity contribution in [3.8, 4) is 0 Å². The van der Waals surface area contributed by atoms with Crippen LogP contribution in [0.5, 0.6) is 0 Å². The highest BCUT2D eigenvalue weighted by molar-refractivity contribution is 7.89. The van der Waals surface area contributed by atoms with Crippen molar-refractivity contribution in [2.75, 3.05) is 61.2 Å². The molecule has 0 radical (unpaired) electrons. The number of aromatic nitrogens is 6. The van der Waals surface area contributed by atoms with Crippen LogP contribution in [0.4, 0.5) is 17.5 Å². The predicted molar refractivity (Wildman–Crippen MR) is 280 cm³/mol. The number of likely N-dealkylation sites (tertiary alicyclic amines) is 1. The number of carbonyl (C=O) groups excluding carboxylic acids is 3. The summed E-state index contributed by atoms with van der Waals surface area (Å²) in [5.74, 6) is 0.863. The predicted octanol–water partition coefficient (Wildman–Crippen LogP) is 5.74. The normalized spacial score (nSPS) is 25.4. The third-order valence-corrected chi connectivity index (χ3v) is 20.4. The van der Waals surface area contributed by atoms with E-state index in [-0.39, 0.29) is 72.4 Å². The fraction of sp³-hybridized carbons (Fsp3) is 0.673. The van der Waals surface area contributed by atoms with Crippen LogP contribution in [0, 0.1) is 5.92 Å². The van der Waals surface area contributed by atoms with Gasteiger partial charge < -0.3 is 24.4 Å². The van der Waals surface area contributed by atoms with E-state index in [1.165, 1.54) is 15.4 Å². The molecule has 74 heavy (non-hydrogen) atoms. The molecule has 1 N–H and O–H groups in total. The number of imide groups is 1. The van der Waals surface area contributed by atoms with Crippen LogP contribution in [0.1, 0.15) is 108 Å². The van der Waals surface area contributed by atoms with Gasteiger partial charge in [-0.3, -0.25) is 38.0 Å². The van der Waals surface area contributed by atoms with Gasteiger partial charge in [0.25, 0.3) is 5.91 Å². The van der Waals surface area contributed by atoms with Gasteiger partial charge in [-0.15, -0.1) is 0 Å². The summed E-state index contributed by atoms with van der Waals surface area (Å²) >= 11 is 0. The van der Waals surface area contributed by atoms with Crippen molar-refractivity contribution < 1.29 is 37.0 Å². The van der Waals surface area contributed by atoms with Crippen molar-refractivity contribution in [3.05, 3.63) is 52.8 Å². The molecule has 11 rings (SSSR count). The monoisotopic (exact) mass is 1060 g/mol. The van der Waals surface area contributed by atoms with Crippen LogP contribution >= 0.6 is 0 Å². The van der Waals surface area contributed by atoms with E-state index in [1.54, 1.807) is 27.1 Å². The highest BCUT2D eigenvalue weighted by Crippen LogP contribution is 2.58. The van der Waals surface area contributed by atoms with Gasteiger partial charge in [0.1, 0.15) is 23.5 Å². The summed E-state index contributed by atoms with van der Waals surface area (Å²) in [6.45, 7) is 10.5. The first-order chi connectivity index (χ1) is 35.6. The summed E-state index contributed by atoms with van der Waals surface area (Å²) < 4.78 is 52.6. The second kappa shape index (κ2) is 20.5. The Hall–Kier alpha value is -5.00.